The molecule has 0 spiro atoms. The molecular weight excluding hydrogens is 472 g/mol. The minimum Gasteiger partial charge on any atom is -0.493 e. The van der Waals surface area contributed by atoms with Gasteiger partial charge in [0.1, 0.15) is 6.54 Å². The zero-order valence-corrected chi connectivity index (χ0v) is 23.5. The van der Waals surface area contributed by atoms with Crippen molar-refractivity contribution in [1.82, 2.24) is 9.80 Å². The summed E-state index contributed by atoms with van der Waals surface area (Å²) in [7, 11) is 3.22. The van der Waals surface area contributed by atoms with Crippen molar-refractivity contribution in [3.8, 4) is 11.5 Å². The van der Waals surface area contributed by atoms with E-state index in [-0.39, 0.29) is 29.7 Å². The topological polar surface area (TPSA) is 59.1 Å². The van der Waals surface area contributed by atoms with Crippen molar-refractivity contribution in [2.45, 2.75) is 53.5 Å². The zero-order chi connectivity index (χ0) is 26.7. The molecule has 0 aliphatic rings. The van der Waals surface area contributed by atoms with Crippen LogP contribution in [0.5, 0.6) is 11.5 Å². The Hall–Kier alpha value is -2.80. The van der Waals surface area contributed by atoms with Gasteiger partial charge in [0.25, 0.3) is 0 Å². The van der Waals surface area contributed by atoms with E-state index in [1.54, 1.807) is 36.5 Å². The van der Waals surface area contributed by atoms with Gasteiger partial charge in [-0.1, -0.05) is 45.9 Å². The third kappa shape index (κ3) is 9.69. The molecule has 0 N–H and O–H groups in total. The highest BCUT2D eigenvalue weighted by atomic mass is 32.1. The van der Waals surface area contributed by atoms with Crippen molar-refractivity contribution >= 4 is 23.2 Å². The zero-order valence-electron chi connectivity index (χ0n) is 22.7. The van der Waals surface area contributed by atoms with E-state index in [1.165, 1.54) is 0 Å². The maximum atomic E-state index is 13.5. The molecule has 0 saturated carbocycles. The molecule has 36 heavy (non-hydrogen) atoms. The smallest absolute Gasteiger partial charge is 0.242 e. The van der Waals surface area contributed by atoms with Gasteiger partial charge in [-0.3, -0.25) is 9.59 Å². The van der Waals surface area contributed by atoms with E-state index in [0.29, 0.717) is 44.0 Å². The maximum absolute atomic E-state index is 13.5. The van der Waals surface area contributed by atoms with Gasteiger partial charge in [0.2, 0.25) is 11.8 Å². The summed E-state index contributed by atoms with van der Waals surface area (Å²) in [6.07, 6.45) is 3.72. The third-order valence-electron chi connectivity index (χ3n) is 5.91. The number of thiophene rings is 1. The summed E-state index contributed by atoms with van der Waals surface area (Å²) in [5, 5.41) is 2.01. The molecule has 1 aromatic carbocycles. The molecule has 1 atom stereocenters. The van der Waals surface area contributed by atoms with Crippen LogP contribution in [0.25, 0.3) is 0 Å². The predicted octanol–water partition coefficient (Wildman–Crippen LogP) is 5.81. The quantitative estimate of drug-likeness (QED) is 0.298. The average Bonchev–Trinajstić information content (AvgIpc) is 3.33. The second-order valence-electron chi connectivity index (χ2n) is 10.5. The largest absolute Gasteiger partial charge is 0.493 e. The van der Waals surface area contributed by atoms with E-state index in [9.17, 15) is 9.59 Å². The fraction of sp³-hybridized carbons (Fsp3) is 0.517. The van der Waals surface area contributed by atoms with Gasteiger partial charge in [-0.05, 0) is 53.3 Å². The van der Waals surface area contributed by atoms with Crippen LogP contribution in [0.2, 0.25) is 0 Å². The van der Waals surface area contributed by atoms with Crippen LogP contribution in [0.15, 0.2) is 48.4 Å². The summed E-state index contributed by atoms with van der Waals surface area (Å²) < 4.78 is 10.8. The Kier molecular flexibility index (Phi) is 11.5. The lowest BCUT2D eigenvalue weighted by Gasteiger charge is -2.29. The van der Waals surface area contributed by atoms with E-state index >= 15 is 0 Å². The fourth-order valence-corrected chi connectivity index (χ4v) is 5.12. The summed E-state index contributed by atoms with van der Waals surface area (Å²) in [4.78, 5) is 31.2. The molecule has 7 heteroatoms. The van der Waals surface area contributed by atoms with Crippen molar-refractivity contribution < 1.29 is 19.1 Å². The molecule has 1 heterocycles. The maximum Gasteiger partial charge on any atom is 0.242 e. The number of carbonyl (C=O) groups is 2. The Balaban J connectivity index is 2.12. The van der Waals surface area contributed by atoms with Crippen LogP contribution < -0.4 is 9.47 Å². The highest BCUT2D eigenvalue weighted by molar-refractivity contribution is 7.09. The number of rotatable bonds is 14. The first kappa shape index (κ1) is 29.4. The highest BCUT2D eigenvalue weighted by Crippen LogP contribution is 2.28. The van der Waals surface area contributed by atoms with Gasteiger partial charge in [0, 0.05) is 24.4 Å². The Labute approximate surface area is 220 Å². The second kappa shape index (κ2) is 14.1. The molecular formula is C29H42N2O4S. The minimum atomic E-state index is -0.0671. The molecule has 0 saturated heterocycles. The van der Waals surface area contributed by atoms with Gasteiger partial charge in [-0.15, -0.1) is 17.9 Å². The van der Waals surface area contributed by atoms with Gasteiger partial charge in [-0.25, -0.2) is 0 Å². The lowest BCUT2D eigenvalue weighted by molar-refractivity contribution is -0.141. The summed E-state index contributed by atoms with van der Waals surface area (Å²) in [6.45, 7) is 13.9. The molecule has 1 aromatic heterocycles. The lowest BCUT2D eigenvalue weighted by Crippen LogP contribution is -2.43. The van der Waals surface area contributed by atoms with Crippen LogP contribution in [0.4, 0.5) is 0 Å². The summed E-state index contributed by atoms with van der Waals surface area (Å²) in [6, 6.07) is 9.82. The van der Waals surface area contributed by atoms with Crippen LogP contribution in [0, 0.1) is 11.3 Å². The first-order valence-corrected chi connectivity index (χ1v) is 13.3. The number of hydrogen-bond acceptors (Lipinski definition) is 5. The van der Waals surface area contributed by atoms with Gasteiger partial charge >= 0.3 is 0 Å². The summed E-state index contributed by atoms with van der Waals surface area (Å²) in [5.74, 6) is 1.51. The standard InChI is InChI=1S/C29H42N2O4S/c1-8-14-30(27(32)17-22(2)19-29(3,4)5)21-28(33)31(20-24-10-9-16-36-24)15-13-23-11-12-25(34-6)26(18-23)35-7/h8-12,16,18,22H,1,13-15,17,19-21H2,2-7H3. The molecule has 0 radical (unpaired) electrons. The number of ether oxygens (including phenoxy) is 2. The highest BCUT2D eigenvalue weighted by Gasteiger charge is 2.24. The molecule has 0 aliphatic heterocycles. The normalized spacial score (nSPS) is 12.1. The van der Waals surface area contributed by atoms with E-state index < -0.39 is 0 Å². The first-order valence-electron chi connectivity index (χ1n) is 12.5. The molecule has 6 nitrogen and oxygen atoms in total. The second-order valence-corrected chi connectivity index (χ2v) is 11.5. The predicted molar refractivity (Wildman–Crippen MR) is 148 cm³/mol. The molecule has 0 bridgehead atoms. The van der Waals surface area contributed by atoms with Gasteiger partial charge in [0.05, 0.1) is 20.8 Å². The molecule has 2 rings (SSSR count). The lowest BCUT2D eigenvalue weighted by atomic mass is 9.84. The van der Waals surface area contributed by atoms with Crippen LogP contribution in [-0.2, 0) is 22.6 Å². The number of hydrogen-bond donors (Lipinski definition) is 0. The minimum absolute atomic E-state index is 0.00374. The summed E-state index contributed by atoms with van der Waals surface area (Å²) in [5.41, 5.74) is 1.20. The van der Waals surface area contributed by atoms with Gasteiger partial charge in [-0.2, -0.15) is 0 Å². The van der Waals surface area contributed by atoms with Gasteiger partial charge < -0.3 is 19.3 Å². The Bertz CT molecular complexity index is 982. The summed E-state index contributed by atoms with van der Waals surface area (Å²) >= 11 is 1.62. The Morgan fingerprint density at radius 1 is 1.08 bits per heavy atom. The molecule has 198 valence electrons. The number of carbonyl (C=O) groups excluding carboxylic acids is 2. The van der Waals surface area contributed by atoms with Crippen LogP contribution in [0.1, 0.15) is 51.0 Å². The van der Waals surface area contributed by atoms with E-state index in [1.807, 2.05) is 40.6 Å². The molecule has 0 fully saturated rings. The van der Waals surface area contributed by atoms with E-state index in [0.717, 1.165) is 16.9 Å². The molecule has 2 aromatic rings. The fourth-order valence-electron chi connectivity index (χ4n) is 4.40. The van der Waals surface area contributed by atoms with Crippen molar-refractivity contribution in [3.63, 3.8) is 0 Å². The Morgan fingerprint density at radius 3 is 2.39 bits per heavy atom. The monoisotopic (exact) mass is 514 g/mol. The van der Waals surface area contributed by atoms with E-state index in [2.05, 4.69) is 34.3 Å². The van der Waals surface area contributed by atoms with Crippen molar-refractivity contribution in [2.24, 2.45) is 11.3 Å². The number of benzene rings is 1. The number of amides is 2. The Morgan fingerprint density at radius 2 is 1.81 bits per heavy atom. The number of methoxy groups -OCH3 is 2. The third-order valence-corrected chi connectivity index (χ3v) is 6.77. The molecule has 0 aliphatic carbocycles. The van der Waals surface area contributed by atoms with Crippen LogP contribution in [-0.4, -0.2) is 55.5 Å². The number of nitrogens with zero attached hydrogens (tertiary/aromatic N) is 2. The molecule has 2 amide bonds. The van der Waals surface area contributed by atoms with Crippen molar-refractivity contribution in [2.75, 3.05) is 33.9 Å². The first-order chi connectivity index (χ1) is 17.1. The molecule has 1 unspecified atom stereocenters. The van der Waals surface area contributed by atoms with E-state index in [4.69, 9.17) is 9.47 Å². The van der Waals surface area contributed by atoms with Crippen LogP contribution >= 0.6 is 11.3 Å². The van der Waals surface area contributed by atoms with Crippen molar-refractivity contribution in [1.29, 1.82) is 0 Å². The van der Waals surface area contributed by atoms with Gasteiger partial charge in [0.15, 0.2) is 11.5 Å². The average molecular weight is 515 g/mol. The SMILES string of the molecule is C=CCN(CC(=O)N(CCc1ccc(OC)c(OC)c1)Cc1cccs1)C(=O)CC(C)CC(C)(C)C. The van der Waals surface area contributed by atoms with Crippen LogP contribution in [0.3, 0.4) is 0 Å². The van der Waals surface area contributed by atoms with Crippen molar-refractivity contribution in [3.05, 3.63) is 58.8 Å².